The first-order valence-electron chi connectivity index (χ1n) is 3.77. The second-order valence-corrected chi connectivity index (χ2v) is 3.29. The van der Waals surface area contributed by atoms with Crippen molar-refractivity contribution in [3.05, 3.63) is 17.8 Å². The number of rotatable bonds is 0. The number of fused-ring (bicyclic) bond motifs is 1. The number of Topliss-reactive ketones (excluding diaryl/α,β-unsaturated/α-hetero) is 1. The highest BCUT2D eigenvalue weighted by Gasteiger charge is 2.42. The summed E-state index contributed by atoms with van der Waals surface area (Å²) in [5.74, 6) is -1.03. The monoisotopic (exact) mass is 182 g/mol. The van der Waals surface area contributed by atoms with Crippen LogP contribution in [0.5, 0.6) is 5.88 Å². The van der Waals surface area contributed by atoms with Crippen LogP contribution in [0.15, 0.2) is 6.20 Å². The van der Waals surface area contributed by atoms with Gasteiger partial charge < -0.3 is 4.74 Å². The van der Waals surface area contributed by atoms with E-state index in [1.807, 2.05) is 0 Å². The van der Waals surface area contributed by atoms with Crippen LogP contribution in [-0.4, -0.2) is 21.4 Å². The summed E-state index contributed by atoms with van der Waals surface area (Å²) in [6.07, 6.45) is 0.904. The van der Waals surface area contributed by atoms with Gasteiger partial charge in [0.05, 0.1) is 6.20 Å². The number of aromatic nitrogens is 2. The average molecular weight is 182 g/mol. The van der Waals surface area contributed by atoms with Crippen molar-refractivity contribution >= 4 is 5.78 Å². The third kappa shape index (κ3) is 1.07. The molecule has 0 saturated carbocycles. The first-order valence-corrected chi connectivity index (χ1v) is 3.77. The highest BCUT2D eigenvalue weighted by Crippen LogP contribution is 2.30. The molecular formula is C8H7FN2O2. The lowest BCUT2D eigenvalue weighted by molar-refractivity contribution is 0.0672. The van der Waals surface area contributed by atoms with Crippen LogP contribution < -0.4 is 4.74 Å². The van der Waals surface area contributed by atoms with Crippen molar-refractivity contribution in [1.82, 2.24) is 9.97 Å². The van der Waals surface area contributed by atoms with E-state index in [-0.39, 0.29) is 17.4 Å². The third-order valence-corrected chi connectivity index (χ3v) is 1.82. The number of nitrogens with zero attached hydrogens (tertiary/aromatic N) is 2. The molecule has 0 amide bonds. The molecule has 0 saturated heterocycles. The van der Waals surface area contributed by atoms with Crippen LogP contribution in [0.1, 0.15) is 24.3 Å². The van der Waals surface area contributed by atoms with E-state index in [1.165, 1.54) is 0 Å². The Bertz CT molecular complexity index is 390. The third-order valence-electron chi connectivity index (χ3n) is 1.82. The summed E-state index contributed by atoms with van der Waals surface area (Å²) < 4.78 is 17.7. The summed E-state index contributed by atoms with van der Waals surface area (Å²) in [6, 6.07) is 0. The van der Waals surface area contributed by atoms with Crippen LogP contribution in [0.4, 0.5) is 4.39 Å². The zero-order chi connectivity index (χ0) is 9.64. The van der Waals surface area contributed by atoms with Crippen LogP contribution in [-0.2, 0) is 0 Å². The maximum absolute atomic E-state index is 12.6. The first kappa shape index (κ1) is 8.10. The molecule has 0 aromatic carbocycles. The molecule has 0 spiro atoms. The molecule has 2 heterocycles. The fraction of sp³-hybridized carbons (Fsp3) is 0.375. The van der Waals surface area contributed by atoms with E-state index in [4.69, 9.17) is 4.74 Å². The van der Waals surface area contributed by atoms with Gasteiger partial charge in [-0.2, -0.15) is 9.37 Å². The number of hydrogen-bond donors (Lipinski definition) is 0. The molecule has 1 aliphatic heterocycles. The predicted molar refractivity (Wildman–Crippen MR) is 41.0 cm³/mol. The Hall–Kier alpha value is -1.52. The topological polar surface area (TPSA) is 52.1 Å². The van der Waals surface area contributed by atoms with E-state index in [0.29, 0.717) is 0 Å². The smallest absolute Gasteiger partial charge is 0.247 e. The summed E-state index contributed by atoms with van der Waals surface area (Å²) in [4.78, 5) is 18.5. The summed E-state index contributed by atoms with van der Waals surface area (Å²) in [5, 5.41) is 0. The number of hydrogen-bond acceptors (Lipinski definition) is 4. The Morgan fingerprint density at radius 3 is 2.92 bits per heavy atom. The van der Waals surface area contributed by atoms with Gasteiger partial charge in [-0.05, 0) is 13.8 Å². The van der Waals surface area contributed by atoms with Gasteiger partial charge in [0.15, 0.2) is 11.3 Å². The minimum absolute atomic E-state index is 0.0185. The van der Waals surface area contributed by atoms with Crippen LogP contribution in [0.3, 0.4) is 0 Å². The van der Waals surface area contributed by atoms with E-state index in [1.54, 1.807) is 13.8 Å². The lowest BCUT2D eigenvalue weighted by Crippen LogP contribution is -2.32. The summed E-state index contributed by atoms with van der Waals surface area (Å²) in [5.41, 5.74) is -0.873. The Morgan fingerprint density at radius 1 is 1.54 bits per heavy atom. The maximum Gasteiger partial charge on any atom is 0.247 e. The van der Waals surface area contributed by atoms with E-state index >= 15 is 0 Å². The standard InChI is InChI=1S/C8H7FN2O2/c1-8(2)6(12)5-7(13-8)11-4(9)3-10-5/h3H,1-2H3. The first-order chi connectivity index (χ1) is 6.00. The van der Waals surface area contributed by atoms with Gasteiger partial charge in [-0.3, -0.25) is 4.79 Å². The van der Waals surface area contributed by atoms with Gasteiger partial charge in [0.25, 0.3) is 0 Å². The molecule has 5 heteroatoms. The molecule has 68 valence electrons. The molecule has 0 bridgehead atoms. The summed E-state index contributed by atoms with van der Waals surface area (Å²) >= 11 is 0. The quantitative estimate of drug-likeness (QED) is 0.599. The van der Waals surface area contributed by atoms with Gasteiger partial charge in [-0.1, -0.05) is 0 Å². The predicted octanol–water partition coefficient (Wildman–Crippen LogP) is 0.969. The van der Waals surface area contributed by atoms with Crippen molar-refractivity contribution in [1.29, 1.82) is 0 Å². The maximum atomic E-state index is 12.6. The Balaban J connectivity index is 2.57. The molecule has 0 aliphatic carbocycles. The minimum atomic E-state index is -0.976. The largest absolute Gasteiger partial charge is 0.461 e. The molecule has 0 N–H and O–H groups in total. The molecule has 0 radical (unpaired) electrons. The van der Waals surface area contributed by atoms with E-state index in [2.05, 4.69) is 9.97 Å². The van der Waals surface area contributed by atoms with Crippen molar-refractivity contribution in [2.24, 2.45) is 0 Å². The van der Waals surface area contributed by atoms with Gasteiger partial charge in [0.1, 0.15) is 0 Å². The summed E-state index contributed by atoms with van der Waals surface area (Å²) in [7, 11) is 0. The minimum Gasteiger partial charge on any atom is -0.461 e. The van der Waals surface area contributed by atoms with Gasteiger partial charge in [0, 0.05) is 0 Å². The van der Waals surface area contributed by atoms with Crippen molar-refractivity contribution in [2.45, 2.75) is 19.4 Å². The highest BCUT2D eigenvalue weighted by atomic mass is 19.1. The van der Waals surface area contributed by atoms with Gasteiger partial charge >= 0.3 is 0 Å². The molecule has 1 aromatic heterocycles. The van der Waals surface area contributed by atoms with Crippen LogP contribution >= 0.6 is 0 Å². The van der Waals surface area contributed by atoms with Crippen molar-refractivity contribution in [2.75, 3.05) is 0 Å². The Labute approximate surface area is 73.8 Å². The molecule has 1 aliphatic rings. The molecule has 0 fully saturated rings. The molecule has 0 atom stereocenters. The SMILES string of the molecule is CC1(C)Oc2nc(F)cnc2C1=O. The van der Waals surface area contributed by atoms with Gasteiger partial charge in [-0.15, -0.1) is 0 Å². The van der Waals surface area contributed by atoms with E-state index in [9.17, 15) is 9.18 Å². The second kappa shape index (κ2) is 2.25. The highest BCUT2D eigenvalue weighted by molar-refractivity contribution is 6.04. The average Bonchev–Trinajstić information content (AvgIpc) is 2.22. The number of ether oxygens (including phenoxy) is 1. The lowest BCUT2D eigenvalue weighted by atomic mass is 10.0. The molecule has 4 nitrogen and oxygen atoms in total. The Kier molecular flexibility index (Phi) is 1.40. The van der Waals surface area contributed by atoms with E-state index in [0.717, 1.165) is 6.20 Å². The zero-order valence-electron chi connectivity index (χ0n) is 7.17. The number of ketones is 1. The second-order valence-electron chi connectivity index (χ2n) is 3.29. The molecule has 2 rings (SSSR count). The van der Waals surface area contributed by atoms with Gasteiger partial charge in [0.2, 0.25) is 17.6 Å². The molecular weight excluding hydrogens is 175 g/mol. The van der Waals surface area contributed by atoms with E-state index < -0.39 is 11.5 Å². The number of carbonyl (C=O) groups is 1. The zero-order valence-corrected chi connectivity index (χ0v) is 7.17. The normalized spacial score (nSPS) is 18.2. The van der Waals surface area contributed by atoms with Crippen LogP contribution in [0.25, 0.3) is 0 Å². The Morgan fingerprint density at radius 2 is 2.23 bits per heavy atom. The van der Waals surface area contributed by atoms with Crippen molar-refractivity contribution in [3.8, 4) is 5.88 Å². The van der Waals surface area contributed by atoms with Crippen molar-refractivity contribution in [3.63, 3.8) is 0 Å². The van der Waals surface area contributed by atoms with Gasteiger partial charge in [-0.25, -0.2) is 4.98 Å². The fourth-order valence-electron chi connectivity index (χ4n) is 1.15. The molecule has 1 aromatic rings. The summed E-state index contributed by atoms with van der Waals surface area (Å²) in [6.45, 7) is 3.19. The molecule has 0 unspecified atom stereocenters. The fourth-order valence-corrected chi connectivity index (χ4v) is 1.15. The van der Waals surface area contributed by atoms with Crippen LogP contribution in [0.2, 0.25) is 0 Å². The van der Waals surface area contributed by atoms with Crippen molar-refractivity contribution < 1.29 is 13.9 Å². The number of carbonyl (C=O) groups excluding carboxylic acids is 1. The van der Waals surface area contributed by atoms with Crippen LogP contribution in [0, 0.1) is 5.95 Å². The molecule has 13 heavy (non-hydrogen) atoms. The lowest BCUT2D eigenvalue weighted by Gasteiger charge is -2.13. The number of halogens is 1.